The van der Waals surface area contributed by atoms with Crippen LogP contribution in [-0.2, 0) is 9.84 Å². The van der Waals surface area contributed by atoms with Crippen molar-refractivity contribution in [3.8, 4) is 0 Å². The minimum absolute atomic E-state index is 0.0785. The molecule has 0 radical (unpaired) electrons. The predicted octanol–water partition coefficient (Wildman–Crippen LogP) is 1.32. The molecule has 2 heterocycles. The zero-order valence-electron chi connectivity index (χ0n) is 9.84. The molecule has 1 aliphatic heterocycles. The van der Waals surface area contributed by atoms with E-state index in [4.69, 9.17) is 0 Å². The van der Waals surface area contributed by atoms with Crippen molar-refractivity contribution >= 4 is 27.1 Å². The van der Waals surface area contributed by atoms with Crippen molar-refractivity contribution in [3.05, 3.63) is 21.9 Å². The zero-order chi connectivity index (χ0) is 12.6. The Bertz CT molecular complexity index is 533. The van der Waals surface area contributed by atoms with Gasteiger partial charge in [0, 0.05) is 13.1 Å². The lowest BCUT2D eigenvalue weighted by Crippen LogP contribution is -2.37. The fourth-order valence-corrected chi connectivity index (χ4v) is 4.62. The second-order valence-corrected chi connectivity index (χ2v) is 7.60. The highest BCUT2D eigenvalue weighted by molar-refractivity contribution is 7.91. The average molecular weight is 273 g/mol. The number of amides is 1. The first-order valence-corrected chi connectivity index (χ1v) is 8.12. The molecule has 2 rings (SSSR count). The molecule has 94 valence electrons. The van der Waals surface area contributed by atoms with Gasteiger partial charge in [0.05, 0.1) is 16.4 Å². The van der Waals surface area contributed by atoms with Gasteiger partial charge >= 0.3 is 0 Å². The van der Waals surface area contributed by atoms with E-state index in [-0.39, 0.29) is 23.5 Å². The lowest BCUT2D eigenvalue weighted by atomic mass is 10.2. The third kappa shape index (κ3) is 2.69. The van der Waals surface area contributed by atoms with Gasteiger partial charge in [-0.15, -0.1) is 11.3 Å². The lowest BCUT2D eigenvalue weighted by molar-refractivity contribution is 0.0752. The van der Waals surface area contributed by atoms with Gasteiger partial charge in [-0.1, -0.05) is 0 Å². The molecule has 0 saturated carbocycles. The van der Waals surface area contributed by atoms with Crippen LogP contribution >= 0.6 is 11.3 Å². The second-order valence-electron chi connectivity index (χ2n) is 4.46. The lowest BCUT2D eigenvalue weighted by Gasteiger charge is -2.22. The summed E-state index contributed by atoms with van der Waals surface area (Å²) in [7, 11) is -1.26. The normalized spacial score (nSPS) is 22.6. The summed E-state index contributed by atoms with van der Waals surface area (Å²) in [6.07, 6.45) is 0.551. The first kappa shape index (κ1) is 12.6. The van der Waals surface area contributed by atoms with Crippen molar-refractivity contribution in [2.24, 2.45) is 0 Å². The van der Waals surface area contributed by atoms with Crippen LogP contribution in [0.1, 0.15) is 21.7 Å². The summed E-state index contributed by atoms with van der Waals surface area (Å²) in [6, 6.07) is 1.67. The van der Waals surface area contributed by atoms with E-state index in [0.29, 0.717) is 11.3 Å². The molecular formula is C11H15NO3S2. The van der Waals surface area contributed by atoms with Crippen LogP contribution in [0.25, 0.3) is 0 Å². The summed E-state index contributed by atoms with van der Waals surface area (Å²) in [5, 5.41) is 1.92. The van der Waals surface area contributed by atoms with Gasteiger partial charge < -0.3 is 4.90 Å². The fraction of sp³-hybridized carbons (Fsp3) is 0.545. The number of nitrogens with zero attached hydrogens (tertiary/aromatic N) is 1. The molecule has 1 amide bonds. The number of hydrogen-bond donors (Lipinski definition) is 0. The van der Waals surface area contributed by atoms with Crippen LogP contribution < -0.4 is 0 Å². The van der Waals surface area contributed by atoms with Gasteiger partial charge in [0.25, 0.3) is 5.91 Å². The van der Waals surface area contributed by atoms with Crippen molar-refractivity contribution in [1.29, 1.82) is 0 Å². The summed E-state index contributed by atoms with van der Waals surface area (Å²) in [4.78, 5) is 14.3. The molecule has 0 aromatic carbocycles. The Labute approximate surface area is 105 Å². The summed E-state index contributed by atoms with van der Waals surface area (Å²) < 4.78 is 22.7. The van der Waals surface area contributed by atoms with Crippen molar-refractivity contribution in [2.45, 2.75) is 19.4 Å². The summed E-state index contributed by atoms with van der Waals surface area (Å²) in [5.41, 5.74) is 1.06. The van der Waals surface area contributed by atoms with Crippen LogP contribution in [0.4, 0.5) is 0 Å². The van der Waals surface area contributed by atoms with Crippen LogP contribution in [0.3, 0.4) is 0 Å². The number of rotatable bonds is 2. The summed E-state index contributed by atoms with van der Waals surface area (Å²) in [5.74, 6) is 0.212. The van der Waals surface area contributed by atoms with Gasteiger partial charge in [-0.05, 0) is 30.4 Å². The molecule has 0 spiro atoms. The SMILES string of the molecule is Cc1csc(C(=O)N(C)C2CCS(=O)(=O)C2)c1. The molecular weight excluding hydrogens is 258 g/mol. The van der Waals surface area contributed by atoms with E-state index in [9.17, 15) is 13.2 Å². The van der Waals surface area contributed by atoms with E-state index in [0.717, 1.165) is 5.56 Å². The van der Waals surface area contributed by atoms with Gasteiger partial charge in [-0.25, -0.2) is 8.42 Å². The maximum Gasteiger partial charge on any atom is 0.263 e. The Hall–Kier alpha value is -0.880. The second kappa shape index (κ2) is 4.42. The van der Waals surface area contributed by atoms with E-state index in [1.165, 1.54) is 11.3 Å². The fourth-order valence-electron chi connectivity index (χ4n) is 1.96. The van der Waals surface area contributed by atoms with Gasteiger partial charge in [-0.3, -0.25) is 4.79 Å². The monoisotopic (exact) mass is 273 g/mol. The minimum atomic E-state index is -2.94. The standard InChI is InChI=1S/C11H15NO3S2/c1-8-5-10(16-6-8)11(13)12(2)9-3-4-17(14,15)7-9/h5-6,9H,3-4,7H2,1-2H3. The van der Waals surface area contributed by atoms with Crippen LogP contribution in [-0.4, -0.2) is 43.8 Å². The first-order valence-electron chi connectivity index (χ1n) is 5.42. The molecule has 4 nitrogen and oxygen atoms in total. The maximum atomic E-state index is 12.1. The third-order valence-corrected chi connectivity index (χ3v) is 5.80. The Balaban J connectivity index is 2.11. The Kier molecular flexibility index (Phi) is 3.27. The molecule has 0 bridgehead atoms. The molecule has 6 heteroatoms. The van der Waals surface area contributed by atoms with Gasteiger partial charge in [0.2, 0.25) is 0 Å². The third-order valence-electron chi connectivity index (χ3n) is 3.02. The molecule has 1 saturated heterocycles. The molecule has 1 aromatic heterocycles. The first-order chi connectivity index (χ1) is 7.89. The summed E-state index contributed by atoms with van der Waals surface area (Å²) in [6.45, 7) is 1.94. The van der Waals surface area contributed by atoms with E-state index in [2.05, 4.69) is 0 Å². The summed E-state index contributed by atoms with van der Waals surface area (Å²) >= 11 is 1.40. The van der Waals surface area contributed by atoms with Crippen molar-refractivity contribution < 1.29 is 13.2 Å². The Morgan fingerprint density at radius 2 is 2.24 bits per heavy atom. The van der Waals surface area contributed by atoms with Crippen molar-refractivity contribution in [3.63, 3.8) is 0 Å². The van der Waals surface area contributed by atoms with Crippen LogP contribution in [0.5, 0.6) is 0 Å². The van der Waals surface area contributed by atoms with Gasteiger partial charge in [-0.2, -0.15) is 0 Å². The van der Waals surface area contributed by atoms with Crippen LogP contribution in [0, 0.1) is 6.92 Å². The highest BCUT2D eigenvalue weighted by Gasteiger charge is 2.33. The number of carbonyl (C=O) groups excluding carboxylic acids is 1. The number of aryl methyl sites for hydroxylation is 1. The smallest absolute Gasteiger partial charge is 0.263 e. The predicted molar refractivity (Wildman–Crippen MR) is 68.2 cm³/mol. The number of carbonyl (C=O) groups is 1. The quantitative estimate of drug-likeness (QED) is 0.816. The highest BCUT2D eigenvalue weighted by Crippen LogP contribution is 2.21. The van der Waals surface area contributed by atoms with E-state index in [1.807, 2.05) is 18.4 Å². The van der Waals surface area contributed by atoms with Crippen molar-refractivity contribution in [2.75, 3.05) is 18.6 Å². The van der Waals surface area contributed by atoms with Crippen LogP contribution in [0.2, 0.25) is 0 Å². The molecule has 1 aromatic rings. The van der Waals surface area contributed by atoms with Gasteiger partial charge in [0.15, 0.2) is 9.84 Å². The molecule has 1 fully saturated rings. The number of hydrogen-bond acceptors (Lipinski definition) is 4. The zero-order valence-corrected chi connectivity index (χ0v) is 11.5. The molecule has 0 N–H and O–H groups in total. The molecule has 17 heavy (non-hydrogen) atoms. The number of thiophene rings is 1. The molecule has 1 aliphatic rings. The topological polar surface area (TPSA) is 54.5 Å². The largest absolute Gasteiger partial charge is 0.337 e. The van der Waals surface area contributed by atoms with E-state index >= 15 is 0 Å². The number of sulfone groups is 1. The maximum absolute atomic E-state index is 12.1. The van der Waals surface area contributed by atoms with E-state index in [1.54, 1.807) is 11.9 Å². The van der Waals surface area contributed by atoms with Crippen molar-refractivity contribution in [1.82, 2.24) is 4.90 Å². The van der Waals surface area contributed by atoms with Crippen LogP contribution in [0.15, 0.2) is 11.4 Å². The Morgan fingerprint density at radius 3 is 2.71 bits per heavy atom. The minimum Gasteiger partial charge on any atom is -0.337 e. The van der Waals surface area contributed by atoms with Gasteiger partial charge in [0.1, 0.15) is 0 Å². The average Bonchev–Trinajstić information content (AvgIpc) is 2.82. The molecule has 1 unspecified atom stereocenters. The molecule has 1 atom stereocenters. The Morgan fingerprint density at radius 1 is 1.53 bits per heavy atom. The molecule has 0 aliphatic carbocycles. The highest BCUT2D eigenvalue weighted by atomic mass is 32.2. The van der Waals surface area contributed by atoms with E-state index < -0.39 is 9.84 Å².